The van der Waals surface area contributed by atoms with E-state index in [1.165, 1.54) is 11.8 Å². The first-order valence-corrected chi connectivity index (χ1v) is 8.24. The topological polar surface area (TPSA) is 72.7 Å². The van der Waals surface area contributed by atoms with Crippen LogP contribution >= 0.6 is 11.8 Å². The first kappa shape index (κ1) is 16.5. The summed E-state index contributed by atoms with van der Waals surface area (Å²) in [4.78, 5) is 12.4. The van der Waals surface area contributed by atoms with Gasteiger partial charge in [-0.3, -0.25) is 4.79 Å². The summed E-state index contributed by atoms with van der Waals surface area (Å²) in [6.45, 7) is 3.98. The Morgan fingerprint density at radius 2 is 2.09 bits per heavy atom. The van der Waals surface area contributed by atoms with E-state index in [0.29, 0.717) is 5.16 Å². The molecule has 0 radical (unpaired) electrons. The van der Waals surface area contributed by atoms with Gasteiger partial charge in [0.15, 0.2) is 0 Å². The minimum absolute atomic E-state index is 0.00435. The van der Waals surface area contributed by atoms with Crippen molar-refractivity contribution in [2.24, 2.45) is 7.05 Å². The number of aryl methyl sites for hydroxylation is 1. The highest BCUT2D eigenvalue weighted by Crippen LogP contribution is 2.22. The molecular weight excluding hydrogens is 298 g/mol. The molecule has 6 nitrogen and oxygen atoms in total. The highest BCUT2D eigenvalue weighted by atomic mass is 32.2. The number of amides is 1. The minimum atomic E-state index is -0.257. The van der Waals surface area contributed by atoms with Crippen molar-refractivity contribution >= 4 is 17.7 Å². The Morgan fingerprint density at radius 1 is 1.36 bits per heavy atom. The Kier molecular flexibility index (Phi) is 5.94. The molecule has 1 aromatic heterocycles. The molecule has 0 fully saturated rings. The van der Waals surface area contributed by atoms with Crippen LogP contribution in [0.4, 0.5) is 0 Å². The smallest absolute Gasteiger partial charge is 0.233 e. The molecule has 0 unspecified atom stereocenters. The van der Waals surface area contributed by atoms with Gasteiger partial charge in [-0.1, -0.05) is 55.4 Å². The van der Waals surface area contributed by atoms with Crippen LogP contribution < -0.4 is 5.32 Å². The van der Waals surface area contributed by atoms with E-state index in [0.717, 1.165) is 18.4 Å². The Balaban J connectivity index is 2.00. The summed E-state index contributed by atoms with van der Waals surface area (Å²) < 4.78 is 1.56. The van der Waals surface area contributed by atoms with Gasteiger partial charge in [0.05, 0.1) is 11.3 Å². The van der Waals surface area contributed by atoms with Crippen molar-refractivity contribution in [2.75, 3.05) is 0 Å². The number of rotatable bonds is 7. The van der Waals surface area contributed by atoms with Crippen molar-refractivity contribution < 1.29 is 4.79 Å². The normalized spacial score (nSPS) is 13.6. The van der Waals surface area contributed by atoms with E-state index in [-0.39, 0.29) is 17.2 Å². The number of hydrogen-bond acceptors (Lipinski definition) is 5. The first-order chi connectivity index (χ1) is 10.6. The average Bonchev–Trinajstić information content (AvgIpc) is 2.92. The van der Waals surface area contributed by atoms with Crippen LogP contribution in [0.3, 0.4) is 0 Å². The standard InChI is InChI=1S/C15H21N5OS/c1-4-8-13(12-9-6-5-7-10-12)16-14(21)11(2)22-15-17-18-19-20(15)3/h5-7,9-11,13H,4,8H2,1-3H3,(H,16,21)/t11-,13-/m0/s1. The maximum absolute atomic E-state index is 12.4. The van der Waals surface area contributed by atoms with Crippen LogP contribution in [0.5, 0.6) is 0 Å². The Hall–Kier alpha value is -1.89. The maximum Gasteiger partial charge on any atom is 0.233 e. The molecule has 0 saturated carbocycles. The fraction of sp³-hybridized carbons (Fsp3) is 0.467. The maximum atomic E-state index is 12.4. The predicted octanol–water partition coefficient (Wildman–Crippen LogP) is 2.35. The van der Waals surface area contributed by atoms with Crippen LogP contribution in [-0.4, -0.2) is 31.4 Å². The van der Waals surface area contributed by atoms with E-state index in [2.05, 4.69) is 27.8 Å². The van der Waals surface area contributed by atoms with Gasteiger partial charge in [-0.2, -0.15) is 0 Å². The molecule has 1 aromatic carbocycles. The van der Waals surface area contributed by atoms with Gasteiger partial charge in [0.25, 0.3) is 0 Å². The number of aromatic nitrogens is 4. The zero-order valence-electron chi connectivity index (χ0n) is 13.1. The molecule has 118 valence electrons. The first-order valence-electron chi connectivity index (χ1n) is 7.36. The van der Waals surface area contributed by atoms with Gasteiger partial charge in [0.2, 0.25) is 11.1 Å². The number of benzene rings is 1. The third-order valence-corrected chi connectivity index (χ3v) is 4.45. The molecule has 1 N–H and O–H groups in total. The van der Waals surface area contributed by atoms with Gasteiger partial charge >= 0.3 is 0 Å². The lowest BCUT2D eigenvalue weighted by molar-refractivity contribution is -0.121. The second-order valence-electron chi connectivity index (χ2n) is 5.11. The van der Waals surface area contributed by atoms with Crippen molar-refractivity contribution in [3.8, 4) is 0 Å². The SMILES string of the molecule is CCC[C@H](NC(=O)[C@H](C)Sc1nnnn1C)c1ccccc1. The number of thioether (sulfide) groups is 1. The molecule has 0 aliphatic carbocycles. The van der Waals surface area contributed by atoms with Gasteiger partial charge in [-0.05, 0) is 29.3 Å². The van der Waals surface area contributed by atoms with E-state index in [9.17, 15) is 4.79 Å². The van der Waals surface area contributed by atoms with Crippen molar-refractivity contribution in [2.45, 2.75) is 43.1 Å². The third kappa shape index (κ3) is 4.30. The van der Waals surface area contributed by atoms with Crippen molar-refractivity contribution in [3.05, 3.63) is 35.9 Å². The number of nitrogens with zero attached hydrogens (tertiary/aromatic N) is 4. The highest BCUT2D eigenvalue weighted by Gasteiger charge is 2.21. The van der Waals surface area contributed by atoms with Gasteiger partial charge in [0.1, 0.15) is 0 Å². The van der Waals surface area contributed by atoms with Gasteiger partial charge in [-0.25, -0.2) is 4.68 Å². The van der Waals surface area contributed by atoms with Gasteiger partial charge in [-0.15, -0.1) is 5.10 Å². The molecule has 1 heterocycles. The van der Waals surface area contributed by atoms with Crippen LogP contribution in [-0.2, 0) is 11.8 Å². The molecule has 1 amide bonds. The van der Waals surface area contributed by atoms with Crippen LogP contribution in [0.1, 0.15) is 38.3 Å². The quantitative estimate of drug-likeness (QED) is 0.793. The number of hydrogen-bond donors (Lipinski definition) is 1. The van der Waals surface area contributed by atoms with Crippen LogP contribution in [0.25, 0.3) is 0 Å². The molecule has 0 saturated heterocycles. The molecule has 7 heteroatoms. The Labute approximate surface area is 134 Å². The zero-order chi connectivity index (χ0) is 15.9. The lowest BCUT2D eigenvalue weighted by atomic mass is 10.0. The molecule has 2 atom stereocenters. The fourth-order valence-corrected chi connectivity index (χ4v) is 2.88. The minimum Gasteiger partial charge on any atom is -0.348 e. The summed E-state index contributed by atoms with van der Waals surface area (Å²) in [5.41, 5.74) is 1.13. The summed E-state index contributed by atoms with van der Waals surface area (Å²) in [5, 5.41) is 14.8. The third-order valence-electron chi connectivity index (χ3n) is 3.33. The van der Waals surface area contributed by atoms with Crippen molar-refractivity contribution in [1.29, 1.82) is 0 Å². The molecule has 0 aliphatic heterocycles. The highest BCUT2D eigenvalue weighted by molar-refractivity contribution is 8.00. The molecule has 22 heavy (non-hydrogen) atoms. The summed E-state index contributed by atoms with van der Waals surface area (Å²) >= 11 is 1.36. The molecule has 0 spiro atoms. The molecular formula is C15H21N5OS. The summed E-state index contributed by atoms with van der Waals surface area (Å²) in [5.74, 6) is -0.00435. The van der Waals surface area contributed by atoms with Gasteiger partial charge < -0.3 is 5.32 Å². The molecule has 0 aliphatic rings. The van der Waals surface area contributed by atoms with Crippen molar-refractivity contribution in [1.82, 2.24) is 25.5 Å². The molecule has 0 bridgehead atoms. The van der Waals surface area contributed by atoms with E-state index in [1.807, 2.05) is 37.3 Å². The van der Waals surface area contributed by atoms with E-state index >= 15 is 0 Å². The lowest BCUT2D eigenvalue weighted by Gasteiger charge is -2.20. The second-order valence-corrected chi connectivity index (χ2v) is 6.41. The van der Waals surface area contributed by atoms with Crippen LogP contribution in [0.2, 0.25) is 0 Å². The molecule has 2 aromatic rings. The predicted molar refractivity (Wildman–Crippen MR) is 86.4 cm³/mol. The Morgan fingerprint density at radius 3 is 2.68 bits per heavy atom. The van der Waals surface area contributed by atoms with E-state index < -0.39 is 0 Å². The van der Waals surface area contributed by atoms with Crippen molar-refractivity contribution in [3.63, 3.8) is 0 Å². The van der Waals surface area contributed by atoms with E-state index in [4.69, 9.17) is 0 Å². The van der Waals surface area contributed by atoms with Crippen LogP contribution in [0.15, 0.2) is 35.5 Å². The van der Waals surface area contributed by atoms with E-state index in [1.54, 1.807) is 11.7 Å². The van der Waals surface area contributed by atoms with Gasteiger partial charge in [0, 0.05) is 7.05 Å². The Bertz CT molecular complexity index is 601. The summed E-state index contributed by atoms with van der Waals surface area (Å²) in [7, 11) is 1.76. The fourth-order valence-electron chi connectivity index (χ4n) is 2.12. The largest absolute Gasteiger partial charge is 0.348 e. The average molecular weight is 319 g/mol. The number of carbonyl (C=O) groups excluding carboxylic acids is 1. The summed E-state index contributed by atoms with van der Waals surface area (Å²) in [6, 6.07) is 10.1. The second kappa shape index (κ2) is 7.93. The number of carbonyl (C=O) groups is 1. The summed E-state index contributed by atoms with van der Waals surface area (Å²) in [6.07, 6.45) is 1.92. The number of nitrogens with one attached hydrogen (secondary N) is 1. The zero-order valence-corrected chi connectivity index (χ0v) is 13.9. The molecule has 2 rings (SSSR count). The van der Waals surface area contributed by atoms with Crippen LogP contribution in [0, 0.1) is 0 Å². The monoisotopic (exact) mass is 319 g/mol. The number of tetrazole rings is 1. The lowest BCUT2D eigenvalue weighted by Crippen LogP contribution is -2.34.